The SMILES string of the molecule is c1ccc(-c2nc(-c3cccc4sc5cccc(-c6ccc(-c7nc8ccccc8s7)cc6)c5c34)nc(-n3c4ccccc4c4ccccc43)n2)cc1. The Hall–Kier alpha value is -6.54. The van der Waals surface area contributed by atoms with Gasteiger partial charge in [-0.05, 0) is 47.5 Å². The molecule has 0 spiro atoms. The van der Waals surface area contributed by atoms with Crippen molar-refractivity contribution in [3.05, 3.63) is 164 Å². The molecule has 0 amide bonds. The van der Waals surface area contributed by atoms with E-state index in [4.69, 9.17) is 19.9 Å². The Kier molecular flexibility index (Phi) is 6.83. The van der Waals surface area contributed by atoms with Crippen LogP contribution >= 0.6 is 22.7 Å². The van der Waals surface area contributed by atoms with E-state index in [1.54, 1.807) is 22.7 Å². The van der Waals surface area contributed by atoms with E-state index >= 15 is 0 Å². The van der Waals surface area contributed by atoms with Gasteiger partial charge in [0.15, 0.2) is 11.6 Å². The molecule has 0 fully saturated rings. The van der Waals surface area contributed by atoms with Crippen molar-refractivity contribution in [3.8, 4) is 50.4 Å². The summed E-state index contributed by atoms with van der Waals surface area (Å²) in [6.07, 6.45) is 0. The van der Waals surface area contributed by atoms with Crippen LogP contribution in [0.1, 0.15) is 0 Å². The van der Waals surface area contributed by atoms with Crippen LogP contribution in [0.15, 0.2) is 164 Å². The van der Waals surface area contributed by atoms with Gasteiger partial charge in [-0.25, -0.2) is 9.97 Å². The van der Waals surface area contributed by atoms with Crippen LogP contribution in [0.25, 0.3) is 103 Å². The molecule has 0 N–H and O–H groups in total. The predicted octanol–water partition coefficient (Wildman–Crippen LogP) is 12.6. The van der Waals surface area contributed by atoms with Gasteiger partial charge < -0.3 is 0 Å². The topological polar surface area (TPSA) is 56.5 Å². The van der Waals surface area contributed by atoms with E-state index in [0.29, 0.717) is 17.6 Å². The fourth-order valence-electron chi connectivity index (χ4n) is 7.52. The van der Waals surface area contributed by atoms with Crippen molar-refractivity contribution in [3.63, 3.8) is 0 Å². The summed E-state index contributed by atoms with van der Waals surface area (Å²) in [6.45, 7) is 0. The molecule has 4 heterocycles. The number of rotatable bonds is 5. The van der Waals surface area contributed by atoms with Gasteiger partial charge in [0.05, 0.1) is 21.3 Å². The second kappa shape index (κ2) is 12.0. The van der Waals surface area contributed by atoms with Gasteiger partial charge in [-0.15, -0.1) is 22.7 Å². The summed E-state index contributed by atoms with van der Waals surface area (Å²) in [5.74, 6) is 1.87. The fourth-order valence-corrected chi connectivity index (χ4v) is 9.65. The predicted molar refractivity (Wildman–Crippen MR) is 222 cm³/mol. The smallest absolute Gasteiger partial charge is 0.238 e. The first kappa shape index (κ1) is 30.1. The lowest BCUT2D eigenvalue weighted by Gasteiger charge is -2.12. The zero-order valence-electron chi connectivity index (χ0n) is 28.1. The molecule has 7 heteroatoms. The zero-order chi connectivity index (χ0) is 34.9. The molecule has 0 aliphatic rings. The lowest BCUT2D eigenvalue weighted by atomic mass is 9.96. The number of nitrogens with zero attached hydrogens (tertiary/aromatic N) is 5. The maximum absolute atomic E-state index is 5.31. The highest BCUT2D eigenvalue weighted by atomic mass is 32.1. The summed E-state index contributed by atoms with van der Waals surface area (Å²) in [4.78, 5) is 20.6. The van der Waals surface area contributed by atoms with Gasteiger partial charge in [-0.3, -0.25) is 4.57 Å². The van der Waals surface area contributed by atoms with Gasteiger partial charge in [0, 0.05) is 47.6 Å². The Labute approximate surface area is 312 Å². The molecule has 5 nitrogen and oxygen atoms in total. The molecule has 0 radical (unpaired) electrons. The maximum Gasteiger partial charge on any atom is 0.238 e. The lowest BCUT2D eigenvalue weighted by Crippen LogP contribution is -2.06. The second-order valence-electron chi connectivity index (χ2n) is 13.0. The summed E-state index contributed by atoms with van der Waals surface area (Å²) in [5.41, 5.74) is 8.52. The minimum atomic E-state index is 0.591. The van der Waals surface area contributed by atoms with Crippen LogP contribution in [-0.2, 0) is 0 Å². The highest BCUT2D eigenvalue weighted by molar-refractivity contribution is 7.26. The van der Waals surface area contributed by atoms with Crippen LogP contribution in [0.3, 0.4) is 0 Å². The molecule has 248 valence electrons. The van der Waals surface area contributed by atoms with Crippen molar-refractivity contribution < 1.29 is 0 Å². The number of hydrogen-bond donors (Lipinski definition) is 0. The van der Waals surface area contributed by atoms with Gasteiger partial charge in [-0.1, -0.05) is 127 Å². The molecular weight excluding hydrogens is 687 g/mol. The Balaban J connectivity index is 1.13. The van der Waals surface area contributed by atoms with E-state index in [0.717, 1.165) is 60.0 Å². The Morgan fingerprint density at radius 1 is 0.377 bits per heavy atom. The van der Waals surface area contributed by atoms with Crippen LogP contribution < -0.4 is 0 Å². The molecule has 0 saturated carbocycles. The molecule has 0 saturated heterocycles. The third kappa shape index (κ3) is 4.89. The summed E-state index contributed by atoms with van der Waals surface area (Å²) in [7, 11) is 0. The molecule has 0 aliphatic heterocycles. The van der Waals surface area contributed by atoms with E-state index in [9.17, 15) is 0 Å². The summed E-state index contributed by atoms with van der Waals surface area (Å²) >= 11 is 3.53. The van der Waals surface area contributed by atoms with Crippen LogP contribution in [0.4, 0.5) is 0 Å². The molecule has 7 aromatic carbocycles. The second-order valence-corrected chi connectivity index (χ2v) is 15.2. The number of para-hydroxylation sites is 3. The van der Waals surface area contributed by atoms with E-state index < -0.39 is 0 Å². The monoisotopic (exact) mass is 713 g/mol. The van der Waals surface area contributed by atoms with Crippen LogP contribution in [0.5, 0.6) is 0 Å². The molecule has 11 rings (SSSR count). The minimum Gasteiger partial charge on any atom is -0.278 e. The summed E-state index contributed by atoms with van der Waals surface area (Å²) in [6, 6.07) is 57.3. The Bertz CT molecular complexity index is 3090. The first-order valence-corrected chi connectivity index (χ1v) is 19.1. The van der Waals surface area contributed by atoms with E-state index in [2.05, 4.69) is 144 Å². The maximum atomic E-state index is 5.31. The Morgan fingerprint density at radius 2 is 0.962 bits per heavy atom. The number of thiophene rings is 1. The highest BCUT2D eigenvalue weighted by Gasteiger charge is 2.21. The van der Waals surface area contributed by atoms with Crippen molar-refractivity contribution in [1.82, 2.24) is 24.5 Å². The fraction of sp³-hybridized carbons (Fsp3) is 0. The number of hydrogen-bond acceptors (Lipinski definition) is 6. The molecule has 11 aromatic rings. The van der Waals surface area contributed by atoms with E-state index in [1.807, 2.05) is 24.3 Å². The summed E-state index contributed by atoms with van der Waals surface area (Å²) < 4.78 is 5.78. The third-order valence-corrected chi connectivity index (χ3v) is 12.1. The molecule has 0 unspecified atom stereocenters. The molecule has 4 aromatic heterocycles. The lowest BCUT2D eigenvalue weighted by molar-refractivity contribution is 0.954. The Morgan fingerprint density at radius 3 is 1.70 bits per heavy atom. The van der Waals surface area contributed by atoms with E-state index in [1.165, 1.54) is 25.0 Å². The van der Waals surface area contributed by atoms with E-state index in [-0.39, 0.29) is 0 Å². The van der Waals surface area contributed by atoms with Gasteiger partial charge in [0.25, 0.3) is 0 Å². The van der Waals surface area contributed by atoms with Crippen molar-refractivity contribution in [2.45, 2.75) is 0 Å². The number of benzene rings is 7. The zero-order valence-corrected chi connectivity index (χ0v) is 29.8. The van der Waals surface area contributed by atoms with Gasteiger partial charge in [0.2, 0.25) is 5.95 Å². The normalized spacial score (nSPS) is 11.8. The van der Waals surface area contributed by atoms with Crippen LogP contribution in [0, 0.1) is 0 Å². The molecular formula is C46H27N5S2. The molecule has 53 heavy (non-hydrogen) atoms. The largest absolute Gasteiger partial charge is 0.278 e. The number of fused-ring (bicyclic) bond motifs is 7. The molecule has 0 aliphatic carbocycles. The first-order valence-electron chi connectivity index (χ1n) is 17.5. The minimum absolute atomic E-state index is 0.591. The van der Waals surface area contributed by atoms with Gasteiger partial charge in [0.1, 0.15) is 5.01 Å². The van der Waals surface area contributed by atoms with Crippen molar-refractivity contribution in [2.24, 2.45) is 0 Å². The summed E-state index contributed by atoms with van der Waals surface area (Å²) in [5, 5.41) is 5.71. The first-order chi connectivity index (χ1) is 26.3. The standard InChI is InChI=1S/C46H27N5S2/c1-2-12-29(13-3-1)43-48-44(50-46(49-43)51-36-19-7-4-14-32(36)33-15-5-8-20-37(33)51)34-17-11-23-40-42(34)41-31(16-10-22-39(41)52-40)28-24-26-30(27-25-28)45-47-35-18-6-9-21-38(35)53-45/h1-27H. The van der Waals surface area contributed by atoms with Gasteiger partial charge in [-0.2, -0.15) is 9.97 Å². The number of aromatic nitrogens is 5. The van der Waals surface area contributed by atoms with Crippen molar-refractivity contribution in [2.75, 3.05) is 0 Å². The molecule has 0 atom stereocenters. The van der Waals surface area contributed by atoms with Crippen molar-refractivity contribution >= 4 is 74.9 Å². The van der Waals surface area contributed by atoms with Gasteiger partial charge >= 0.3 is 0 Å². The average molecular weight is 714 g/mol. The third-order valence-electron chi connectivity index (χ3n) is 9.94. The van der Waals surface area contributed by atoms with Crippen LogP contribution in [-0.4, -0.2) is 24.5 Å². The quantitative estimate of drug-likeness (QED) is 0.178. The highest BCUT2D eigenvalue weighted by Crippen LogP contribution is 2.44. The molecule has 0 bridgehead atoms. The van der Waals surface area contributed by atoms with Crippen molar-refractivity contribution in [1.29, 1.82) is 0 Å². The average Bonchev–Trinajstić information content (AvgIpc) is 3.93. The number of thiazole rings is 1. The van der Waals surface area contributed by atoms with Crippen LogP contribution in [0.2, 0.25) is 0 Å².